The molecule has 1 aromatic carbocycles. The molecule has 3 nitrogen and oxygen atoms in total. The average molecular weight is 266 g/mol. The molecule has 0 unspecified atom stereocenters. The number of esters is 1. The predicted octanol–water partition coefficient (Wildman–Crippen LogP) is 3.23. The Hall–Kier alpha value is -1.94. The van der Waals surface area contributed by atoms with E-state index in [-0.39, 0.29) is 17.2 Å². The molecule has 0 fully saturated rings. The quantitative estimate of drug-likeness (QED) is 0.800. The highest BCUT2D eigenvalue weighted by molar-refractivity contribution is 6.31. The van der Waals surface area contributed by atoms with E-state index in [9.17, 15) is 9.18 Å². The summed E-state index contributed by atoms with van der Waals surface area (Å²) in [6.45, 7) is -0.209. The number of carbonyl (C=O) groups excluding carboxylic acids is 1. The number of carbonyl (C=O) groups is 1. The molecule has 0 atom stereocenters. The van der Waals surface area contributed by atoms with Gasteiger partial charge in [-0.2, -0.15) is 0 Å². The Kier molecular flexibility index (Phi) is 3.89. The van der Waals surface area contributed by atoms with Crippen LogP contribution >= 0.6 is 11.6 Å². The second-order valence-corrected chi connectivity index (χ2v) is 3.93. The highest BCUT2D eigenvalue weighted by Crippen LogP contribution is 2.20. The highest BCUT2D eigenvalue weighted by atomic mass is 35.5. The monoisotopic (exact) mass is 265 g/mol. The molecule has 18 heavy (non-hydrogen) atoms. The lowest BCUT2D eigenvalue weighted by atomic mass is 10.2. The fraction of sp³-hybridized carbons (Fsp3) is 0.0769. The first kappa shape index (κ1) is 12.5. The molecule has 0 amide bonds. The second-order valence-electron chi connectivity index (χ2n) is 3.52. The number of rotatable bonds is 3. The number of hydrogen-bond acceptors (Lipinski definition) is 3. The van der Waals surface area contributed by atoms with Crippen LogP contribution in [-0.2, 0) is 11.3 Å². The first-order chi connectivity index (χ1) is 8.68. The van der Waals surface area contributed by atoms with Crippen LogP contribution in [0.25, 0.3) is 0 Å². The molecular formula is C13H9ClFNO2. The van der Waals surface area contributed by atoms with Gasteiger partial charge in [0.1, 0.15) is 12.4 Å². The molecule has 0 radical (unpaired) electrons. The van der Waals surface area contributed by atoms with Gasteiger partial charge in [0.05, 0.1) is 10.6 Å². The van der Waals surface area contributed by atoms with E-state index in [1.165, 1.54) is 24.4 Å². The van der Waals surface area contributed by atoms with E-state index < -0.39 is 11.8 Å². The van der Waals surface area contributed by atoms with Crippen molar-refractivity contribution in [3.05, 3.63) is 64.7 Å². The molecule has 0 N–H and O–H groups in total. The van der Waals surface area contributed by atoms with Gasteiger partial charge in [0.2, 0.25) is 0 Å². The minimum Gasteiger partial charge on any atom is -0.457 e. The molecule has 92 valence electrons. The number of ether oxygens (including phenoxy) is 1. The highest BCUT2D eigenvalue weighted by Gasteiger charge is 2.11. The van der Waals surface area contributed by atoms with Crippen molar-refractivity contribution in [2.45, 2.75) is 6.61 Å². The molecule has 2 rings (SSSR count). The van der Waals surface area contributed by atoms with E-state index in [2.05, 4.69) is 4.98 Å². The summed E-state index contributed by atoms with van der Waals surface area (Å²) in [5.41, 5.74) is 0.473. The summed E-state index contributed by atoms with van der Waals surface area (Å²) in [5, 5.41) is 0.231. The van der Waals surface area contributed by atoms with Crippen molar-refractivity contribution in [1.29, 1.82) is 0 Å². The van der Waals surface area contributed by atoms with Crippen molar-refractivity contribution in [3.63, 3.8) is 0 Å². The van der Waals surface area contributed by atoms with E-state index in [0.29, 0.717) is 5.56 Å². The van der Waals surface area contributed by atoms with E-state index in [0.717, 1.165) is 0 Å². The maximum Gasteiger partial charge on any atom is 0.340 e. The lowest BCUT2D eigenvalue weighted by Crippen LogP contribution is -2.06. The number of hydrogen-bond donors (Lipinski definition) is 0. The molecule has 0 aliphatic heterocycles. The molecule has 1 aromatic heterocycles. The zero-order valence-corrected chi connectivity index (χ0v) is 10.0. The van der Waals surface area contributed by atoms with Crippen molar-refractivity contribution < 1.29 is 13.9 Å². The van der Waals surface area contributed by atoms with Crippen molar-refractivity contribution in [1.82, 2.24) is 4.98 Å². The number of pyridine rings is 1. The molecule has 0 saturated carbocycles. The third-order valence-electron chi connectivity index (χ3n) is 2.31. The molecule has 0 saturated heterocycles. The fourth-order valence-corrected chi connectivity index (χ4v) is 1.59. The third kappa shape index (κ3) is 2.84. The summed E-state index contributed by atoms with van der Waals surface area (Å²) in [6, 6.07) is 7.48. The summed E-state index contributed by atoms with van der Waals surface area (Å²) < 4.78 is 18.4. The summed E-state index contributed by atoms with van der Waals surface area (Å²) in [6.07, 6.45) is 2.93. The van der Waals surface area contributed by atoms with Crippen molar-refractivity contribution in [2.24, 2.45) is 0 Å². The van der Waals surface area contributed by atoms with Crippen LogP contribution < -0.4 is 0 Å². The number of aromatic nitrogens is 1. The van der Waals surface area contributed by atoms with Crippen LogP contribution in [0.2, 0.25) is 5.02 Å². The Morgan fingerprint density at radius 2 is 2.17 bits per heavy atom. The van der Waals surface area contributed by atoms with Crippen LogP contribution in [0, 0.1) is 5.82 Å². The first-order valence-corrected chi connectivity index (χ1v) is 5.56. The maximum atomic E-state index is 13.4. The van der Waals surface area contributed by atoms with Gasteiger partial charge >= 0.3 is 5.97 Å². The second kappa shape index (κ2) is 5.60. The van der Waals surface area contributed by atoms with Crippen LogP contribution in [0.15, 0.2) is 42.7 Å². The smallest absolute Gasteiger partial charge is 0.340 e. The summed E-state index contributed by atoms with van der Waals surface area (Å²) in [5.74, 6) is -1.07. The van der Waals surface area contributed by atoms with Crippen LogP contribution in [0.1, 0.15) is 15.9 Å². The van der Waals surface area contributed by atoms with Crippen LogP contribution in [0.3, 0.4) is 0 Å². The van der Waals surface area contributed by atoms with Crippen molar-refractivity contribution >= 4 is 17.6 Å². The van der Waals surface area contributed by atoms with Gasteiger partial charge in [-0.3, -0.25) is 4.98 Å². The minimum atomic E-state index is -0.567. The van der Waals surface area contributed by atoms with E-state index in [1.807, 2.05) is 0 Å². The Bertz CT molecular complexity index is 540. The first-order valence-electron chi connectivity index (χ1n) is 5.18. The predicted molar refractivity (Wildman–Crippen MR) is 64.8 cm³/mol. The molecule has 0 bridgehead atoms. The Labute approximate surface area is 108 Å². The molecule has 2 aromatic rings. The van der Waals surface area contributed by atoms with Gasteiger partial charge < -0.3 is 4.74 Å². The van der Waals surface area contributed by atoms with E-state index in [1.54, 1.807) is 18.3 Å². The van der Waals surface area contributed by atoms with Gasteiger partial charge in [0.25, 0.3) is 0 Å². The van der Waals surface area contributed by atoms with Gasteiger partial charge in [0, 0.05) is 18.0 Å². The molecule has 5 heteroatoms. The number of halogens is 2. The minimum absolute atomic E-state index is 0.163. The van der Waals surface area contributed by atoms with Gasteiger partial charge in [-0.1, -0.05) is 17.7 Å². The topological polar surface area (TPSA) is 39.2 Å². The van der Waals surface area contributed by atoms with Gasteiger partial charge in [-0.05, 0) is 24.3 Å². The number of benzene rings is 1. The lowest BCUT2D eigenvalue weighted by Gasteiger charge is -2.07. The SMILES string of the molecule is O=C(OCc1c(F)cccc1Cl)c1cccnc1. The van der Waals surface area contributed by atoms with Crippen LogP contribution in [0.5, 0.6) is 0 Å². The third-order valence-corrected chi connectivity index (χ3v) is 2.66. The zero-order chi connectivity index (χ0) is 13.0. The van der Waals surface area contributed by atoms with Crippen molar-refractivity contribution in [2.75, 3.05) is 0 Å². The molecule has 1 heterocycles. The largest absolute Gasteiger partial charge is 0.457 e. The van der Waals surface area contributed by atoms with Crippen LogP contribution in [-0.4, -0.2) is 11.0 Å². The van der Waals surface area contributed by atoms with Gasteiger partial charge in [-0.15, -0.1) is 0 Å². The molecule has 0 aliphatic rings. The number of nitrogens with zero attached hydrogens (tertiary/aromatic N) is 1. The summed E-state index contributed by atoms with van der Waals surface area (Å²) in [7, 11) is 0. The Balaban J connectivity index is 2.07. The van der Waals surface area contributed by atoms with E-state index >= 15 is 0 Å². The summed E-state index contributed by atoms with van der Waals surface area (Å²) >= 11 is 5.82. The normalized spacial score (nSPS) is 10.1. The maximum absolute atomic E-state index is 13.4. The van der Waals surface area contributed by atoms with Crippen LogP contribution in [0.4, 0.5) is 4.39 Å². The molecule has 0 spiro atoms. The molecular weight excluding hydrogens is 257 g/mol. The fourth-order valence-electron chi connectivity index (χ4n) is 1.37. The van der Waals surface area contributed by atoms with Crippen molar-refractivity contribution in [3.8, 4) is 0 Å². The standard InChI is InChI=1S/C13H9ClFNO2/c14-11-4-1-5-12(15)10(11)8-18-13(17)9-3-2-6-16-7-9/h1-7H,8H2. The zero-order valence-electron chi connectivity index (χ0n) is 9.27. The van der Waals surface area contributed by atoms with Gasteiger partial charge in [-0.25, -0.2) is 9.18 Å². The molecule has 0 aliphatic carbocycles. The van der Waals surface area contributed by atoms with Gasteiger partial charge in [0.15, 0.2) is 0 Å². The Morgan fingerprint density at radius 3 is 2.83 bits per heavy atom. The van der Waals surface area contributed by atoms with E-state index in [4.69, 9.17) is 16.3 Å². The Morgan fingerprint density at radius 1 is 1.33 bits per heavy atom. The average Bonchev–Trinajstić information content (AvgIpc) is 2.39. The summed E-state index contributed by atoms with van der Waals surface area (Å²) in [4.78, 5) is 15.4. The lowest BCUT2D eigenvalue weighted by molar-refractivity contribution is 0.0468.